The summed E-state index contributed by atoms with van der Waals surface area (Å²) in [6.45, 7) is 2.89. The summed E-state index contributed by atoms with van der Waals surface area (Å²) in [7, 11) is 3.59. The summed E-state index contributed by atoms with van der Waals surface area (Å²) in [5.41, 5.74) is 0.977. The first-order valence-corrected chi connectivity index (χ1v) is 13.8. The number of nitrogens with one attached hydrogen (secondary N) is 1. The molecule has 2 saturated carbocycles. The minimum absolute atomic E-state index is 0.0355. The van der Waals surface area contributed by atoms with Gasteiger partial charge in [0.15, 0.2) is 0 Å². The maximum Gasteiger partial charge on any atom is 0.416 e. The summed E-state index contributed by atoms with van der Waals surface area (Å²) in [5.74, 6) is 0.768. The lowest BCUT2D eigenvalue weighted by atomic mass is 9.58. The number of methoxy groups -OCH3 is 1. The molecule has 2 heterocycles. The number of carbonyl (C=O) groups is 1. The van der Waals surface area contributed by atoms with Gasteiger partial charge < -0.3 is 19.5 Å². The topological polar surface area (TPSA) is 72.3 Å². The maximum absolute atomic E-state index is 14.2. The van der Waals surface area contributed by atoms with Gasteiger partial charge in [0.25, 0.3) is 5.91 Å². The Morgan fingerprint density at radius 2 is 1.95 bits per heavy atom. The quantitative estimate of drug-likeness (QED) is 0.406. The number of nitrogens with zero attached hydrogens (tertiary/aromatic N) is 4. The number of halogens is 3. The Hall–Kier alpha value is -3.24. The Labute approximate surface area is 231 Å². The fourth-order valence-electron chi connectivity index (χ4n) is 6.75. The SMILES string of the molecule is COC[C@H]1C[C@@](c2cccc(N3Cc4c(cc(CNC5(C)CCC5)cc4C(F)(F)F)C3=O)c2)(c2nncn2C)C1. The second-order valence-electron chi connectivity index (χ2n) is 12.0. The lowest BCUT2D eigenvalue weighted by Gasteiger charge is -2.47. The Bertz CT molecular complexity index is 1440. The van der Waals surface area contributed by atoms with Gasteiger partial charge in [-0.2, -0.15) is 13.2 Å². The highest BCUT2D eigenvalue weighted by atomic mass is 19.4. The number of aromatic nitrogens is 3. The van der Waals surface area contributed by atoms with Crippen LogP contribution in [0.4, 0.5) is 18.9 Å². The molecule has 2 fully saturated rings. The number of carbonyl (C=O) groups excluding carboxylic acids is 1. The highest BCUT2D eigenvalue weighted by molar-refractivity contribution is 6.10. The number of hydrogen-bond donors (Lipinski definition) is 1. The van der Waals surface area contributed by atoms with Gasteiger partial charge in [-0.15, -0.1) is 10.2 Å². The van der Waals surface area contributed by atoms with Crippen molar-refractivity contribution in [2.75, 3.05) is 18.6 Å². The molecule has 6 rings (SSSR count). The van der Waals surface area contributed by atoms with Crippen LogP contribution >= 0.6 is 0 Å². The van der Waals surface area contributed by atoms with Crippen molar-refractivity contribution in [1.29, 1.82) is 0 Å². The third kappa shape index (κ3) is 4.51. The Kier molecular flexibility index (Phi) is 6.53. The predicted molar refractivity (Wildman–Crippen MR) is 144 cm³/mol. The third-order valence-electron chi connectivity index (χ3n) is 9.11. The number of amides is 1. The van der Waals surface area contributed by atoms with Gasteiger partial charge in [-0.25, -0.2) is 0 Å². The molecule has 0 saturated heterocycles. The van der Waals surface area contributed by atoms with Crippen LogP contribution in [0.1, 0.15) is 77.5 Å². The summed E-state index contributed by atoms with van der Waals surface area (Å²) in [6, 6.07) is 10.4. The zero-order chi connectivity index (χ0) is 28.3. The van der Waals surface area contributed by atoms with E-state index in [1.807, 2.05) is 29.8 Å². The fraction of sp³-hybridized carbons (Fsp3) is 0.500. The van der Waals surface area contributed by atoms with Crippen LogP contribution < -0.4 is 10.2 Å². The molecule has 3 aromatic rings. The normalized spacial score (nSPS) is 23.6. The first-order chi connectivity index (χ1) is 19.0. The largest absolute Gasteiger partial charge is 0.416 e. The Morgan fingerprint density at radius 1 is 1.18 bits per heavy atom. The lowest BCUT2D eigenvalue weighted by molar-refractivity contribution is -0.138. The van der Waals surface area contributed by atoms with Crippen molar-refractivity contribution in [2.45, 2.75) is 69.2 Å². The van der Waals surface area contributed by atoms with E-state index in [2.05, 4.69) is 22.4 Å². The summed E-state index contributed by atoms with van der Waals surface area (Å²) < 4.78 is 50.0. The number of hydrogen-bond acceptors (Lipinski definition) is 5. The summed E-state index contributed by atoms with van der Waals surface area (Å²) in [4.78, 5) is 15.1. The minimum atomic E-state index is -4.56. The van der Waals surface area contributed by atoms with Crippen LogP contribution in [0, 0.1) is 5.92 Å². The number of fused-ring (bicyclic) bond motifs is 1. The summed E-state index contributed by atoms with van der Waals surface area (Å²) in [6.07, 6.45) is 1.82. The van der Waals surface area contributed by atoms with E-state index in [0.717, 1.165) is 43.5 Å². The van der Waals surface area contributed by atoms with Gasteiger partial charge >= 0.3 is 6.18 Å². The van der Waals surface area contributed by atoms with Crippen molar-refractivity contribution in [3.05, 3.63) is 76.4 Å². The van der Waals surface area contributed by atoms with E-state index in [4.69, 9.17) is 4.74 Å². The van der Waals surface area contributed by atoms with Gasteiger partial charge in [0.1, 0.15) is 12.2 Å². The van der Waals surface area contributed by atoms with Gasteiger partial charge in [0.05, 0.1) is 17.5 Å². The van der Waals surface area contributed by atoms with Crippen LogP contribution in [0.15, 0.2) is 42.7 Å². The molecule has 10 heteroatoms. The molecule has 2 aliphatic carbocycles. The second kappa shape index (κ2) is 9.69. The number of ether oxygens (including phenoxy) is 1. The molecular formula is C30H34F3N5O2. The molecule has 0 atom stereocenters. The zero-order valence-electron chi connectivity index (χ0n) is 23.0. The van der Waals surface area contributed by atoms with Gasteiger partial charge in [-0.05, 0) is 85.9 Å². The highest BCUT2D eigenvalue weighted by Gasteiger charge is 2.50. The van der Waals surface area contributed by atoms with E-state index in [9.17, 15) is 18.0 Å². The zero-order valence-corrected chi connectivity index (χ0v) is 23.0. The monoisotopic (exact) mass is 553 g/mol. The lowest BCUT2D eigenvalue weighted by Crippen LogP contribution is -2.47. The molecule has 0 unspecified atom stereocenters. The molecule has 212 valence electrons. The predicted octanol–water partition coefficient (Wildman–Crippen LogP) is 5.37. The molecule has 1 amide bonds. The smallest absolute Gasteiger partial charge is 0.384 e. The van der Waals surface area contributed by atoms with Gasteiger partial charge in [-0.3, -0.25) is 4.79 Å². The fourth-order valence-corrected chi connectivity index (χ4v) is 6.75. The van der Waals surface area contributed by atoms with Gasteiger partial charge in [0.2, 0.25) is 0 Å². The van der Waals surface area contributed by atoms with Crippen molar-refractivity contribution >= 4 is 11.6 Å². The molecule has 1 N–H and O–H groups in total. The Morgan fingerprint density at radius 3 is 2.58 bits per heavy atom. The van der Waals surface area contributed by atoms with Crippen molar-refractivity contribution in [2.24, 2.45) is 13.0 Å². The standard InChI is InChI=1S/C30H34F3N5O2/c1-28(8-5-9-28)34-15-19-10-23-24(25(11-19)30(31,32)33)16-38(26(23)39)22-7-4-6-21(12-22)29(13-20(14-29)17-40-3)27-36-35-18-37(27)2/h4,6-7,10-12,18,20,34H,5,8-9,13-17H2,1-3H3/t20-,29+. The number of benzene rings is 2. The molecule has 7 nitrogen and oxygen atoms in total. The van der Waals surface area contributed by atoms with Crippen molar-refractivity contribution in [3.8, 4) is 0 Å². The number of rotatable bonds is 8. The van der Waals surface area contributed by atoms with Crippen LogP contribution in [-0.4, -0.2) is 39.9 Å². The molecule has 2 aromatic carbocycles. The maximum atomic E-state index is 14.2. The number of aryl methyl sites for hydroxylation is 1. The minimum Gasteiger partial charge on any atom is -0.384 e. The molecular weight excluding hydrogens is 519 g/mol. The molecule has 0 radical (unpaired) electrons. The number of alkyl halides is 3. The van der Waals surface area contributed by atoms with Crippen molar-refractivity contribution in [3.63, 3.8) is 0 Å². The van der Waals surface area contributed by atoms with Crippen LogP contribution in [-0.2, 0) is 36.5 Å². The van der Waals surface area contributed by atoms with E-state index >= 15 is 0 Å². The third-order valence-corrected chi connectivity index (χ3v) is 9.11. The van der Waals surface area contributed by atoms with Crippen LogP contribution in [0.5, 0.6) is 0 Å². The van der Waals surface area contributed by atoms with Crippen molar-refractivity contribution in [1.82, 2.24) is 20.1 Å². The van der Waals surface area contributed by atoms with Crippen LogP contribution in [0.25, 0.3) is 0 Å². The van der Waals surface area contributed by atoms with E-state index in [-0.39, 0.29) is 23.2 Å². The first kappa shape index (κ1) is 27.0. The van der Waals surface area contributed by atoms with Crippen molar-refractivity contribution < 1.29 is 22.7 Å². The molecule has 1 aliphatic heterocycles. The van der Waals surface area contributed by atoms with E-state index in [1.54, 1.807) is 25.6 Å². The highest BCUT2D eigenvalue weighted by Crippen LogP contribution is 2.52. The summed E-state index contributed by atoms with van der Waals surface area (Å²) >= 11 is 0. The molecule has 40 heavy (non-hydrogen) atoms. The average Bonchev–Trinajstić information content (AvgIpc) is 3.45. The first-order valence-electron chi connectivity index (χ1n) is 13.8. The van der Waals surface area contributed by atoms with Crippen LogP contribution in [0.3, 0.4) is 0 Å². The second-order valence-corrected chi connectivity index (χ2v) is 12.0. The van der Waals surface area contributed by atoms with E-state index in [0.29, 0.717) is 30.3 Å². The van der Waals surface area contributed by atoms with Gasteiger partial charge in [-0.1, -0.05) is 12.1 Å². The average molecular weight is 554 g/mol. The van der Waals surface area contributed by atoms with E-state index < -0.39 is 23.1 Å². The molecule has 1 aromatic heterocycles. The van der Waals surface area contributed by atoms with Crippen LogP contribution in [0.2, 0.25) is 0 Å². The number of anilines is 1. The molecule has 0 bridgehead atoms. The Balaban J connectivity index is 1.33. The molecule has 3 aliphatic rings. The van der Waals surface area contributed by atoms with Gasteiger partial charge in [0, 0.05) is 44.1 Å². The molecule has 0 spiro atoms. The van der Waals surface area contributed by atoms with E-state index in [1.165, 1.54) is 11.0 Å². The summed E-state index contributed by atoms with van der Waals surface area (Å²) in [5, 5.41) is 11.9.